The minimum absolute atomic E-state index is 0.0658. The van der Waals surface area contributed by atoms with Crippen molar-refractivity contribution in [2.24, 2.45) is 5.41 Å². The van der Waals surface area contributed by atoms with Gasteiger partial charge in [0, 0.05) is 6.42 Å². The zero-order valence-corrected chi connectivity index (χ0v) is 11.7. The van der Waals surface area contributed by atoms with Gasteiger partial charge in [-0.15, -0.1) is 0 Å². The number of aliphatic hydroxyl groups is 1. The van der Waals surface area contributed by atoms with E-state index in [4.69, 9.17) is 10.2 Å². The van der Waals surface area contributed by atoms with Gasteiger partial charge >= 0.3 is 5.97 Å². The van der Waals surface area contributed by atoms with E-state index >= 15 is 0 Å². The Kier molecular flexibility index (Phi) is 6.28. The first-order valence-corrected chi connectivity index (χ1v) is 7.13. The number of amides is 1. The Morgan fingerprint density at radius 3 is 2.32 bits per heavy atom. The number of hydrogen-bond donors (Lipinski definition) is 3. The van der Waals surface area contributed by atoms with E-state index in [1.807, 2.05) is 6.92 Å². The molecule has 0 aromatic heterocycles. The van der Waals surface area contributed by atoms with Crippen molar-refractivity contribution in [3.63, 3.8) is 0 Å². The Morgan fingerprint density at radius 2 is 1.84 bits per heavy atom. The molecule has 0 aliphatic heterocycles. The molecule has 110 valence electrons. The molecule has 19 heavy (non-hydrogen) atoms. The molecule has 0 aromatic carbocycles. The third kappa shape index (κ3) is 5.19. The number of carboxylic acids is 1. The third-order valence-electron chi connectivity index (χ3n) is 4.05. The van der Waals surface area contributed by atoms with Crippen molar-refractivity contribution >= 4 is 11.9 Å². The molecule has 1 aliphatic carbocycles. The normalized spacial score (nSPS) is 19.7. The van der Waals surface area contributed by atoms with Crippen LogP contribution in [0.1, 0.15) is 58.3 Å². The van der Waals surface area contributed by atoms with E-state index in [0.29, 0.717) is 6.42 Å². The van der Waals surface area contributed by atoms with Gasteiger partial charge in [-0.1, -0.05) is 26.2 Å². The highest BCUT2D eigenvalue weighted by atomic mass is 16.4. The molecule has 0 unspecified atom stereocenters. The van der Waals surface area contributed by atoms with Gasteiger partial charge in [-0.2, -0.15) is 0 Å². The van der Waals surface area contributed by atoms with Gasteiger partial charge in [0.05, 0.1) is 19.1 Å². The van der Waals surface area contributed by atoms with E-state index in [1.165, 1.54) is 0 Å². The number of aliphatic hydroxyl groups excluding tert-OH is 1. The summed E-state index contributed by atoms with van der Waals surface area (Å²) in [7, 11) is 0. The first kappa shape index (κ1) is 16.0. The molecular weight excluding hydrogens is 246 g/mol. The van der Waals surface area contributed by atoms with Crippen LogP contribution in [0.2, 0.25) is 0 Å². The first-order chi connectivity index (χ1) is 9.01. The predicted molar refractivity (Wildman–Crippen MR) is 71.7 cm³/mol. The summed E-state index contributed by atoms with van der Waals surface area (Å²) in [5.41, 5.74) is -0.387. The van der Waals surface area contributed by atoms with Crippen LogP contribution in [0.15, 0.2) is 0 Å². The fraction of sp³-hybridized carbons (Fsp3) is 0.857. The summed E-state index contributed by atoms with van der Waals surface area (Å²) in [5, 5.41) is 20.9. The van der Waals surface area contributed by atoms with Gasteiger partial charge in [0.25, 0.3) is 0 Å². The van der Waals surface area contributed by atoms with Crippen LogP contribution in [0.3, 0.4) is 0 Å². The second kappa shape index (κ2) is 7.48. The van der Waals surface area contributed by atoms with Crippen LogP contribution in [-0.4, -0.2) is 34.7 Å². The molecule has 1 atom stereocenters. The summed E-state index contributed by atoms with van der Waals surface area (Å²) in [5.74, 6) is -0.965. The van der Waals surface area contributed by atoms with Crippen LogP contribution in [-0.2, 0) is 9.59 Å². The Labute approximate surface area is 114 Å². The van der Waals surface area contributed by atoms with Crippen molar-refractivity contribution in [2.45, 2.75) is 64.3 Å². The molecule has 0 radical (unpaired) electrons. The van der Waals surface area contributed by atoms with E-state index in [2.05, 4.69) is 5.32 Å². The fourth-order valence-electron chi connectivity index (χ4n) is 2.93. The Hall–Kier alpha value is -1.10. The maximum Gasteiger partial charge on any atom is 0.303 e. The SMILES string of the molecule is CC[C@@H](CO)NC(=O)CC1(CC(=O)O)CCCCC1. The maximum atomic E-state index is 12.0. The average Bonchev–Trinajstić information content (AvgIpc) is 2.35. The van der Waals surface area contributed by atoms with Gasteiger partial charge in [-0.25, -0.2) is 0 Å². The first-order valence-electron chi connectivity index (χ1n) is 7.13. The van der Waals surface area contributed by atoms with Crippen LogP contribution >= 0.6 is 0 Å². The zero-order valence-electron chi connectivity index (χ0n) is 11.7. The second-order valence-corrected chi connectivity index (χ2v) is 5.66. The molecule has 1 fully saturated rings. The quantitative estimate of drug-likeness (QED) is 0.657. The highest BCUT2D eigenvalue weighted by molar-refractivity contribution is 5.78. The summed E-state index contributed by atoms with van der Waals surface area (Å²) in [6, 6.07) is -0.224. The van der Waals surface area contributed by atoms with Crippen LogP contribution < -0.4 is 5.32 Å². The number of carboxylic acid groups (broad SMARTS) is 1. The minimum atomic E-state index is -0.830. The molecule has 0 aromatic rings. The molecule has 1 saturated carbocycles. The van der Waals surface area contributed by atoms with Crippen molar-refractivity contribution in [3.05, 3.63) is 0 Å². The lowest BCUT2D eigenvalue weighted by Crippen LogP contribution is -2.41. The van der Waals surface area contributed by atoms with Gasteiger partial charge in [-0.3, -0.25) is 9.59 Å². The Morgan fingerprint density at radius 1 is 1.21 bits per heavy atom. The van der Waals surface area contributed by atoms with Gasteiger partial charge < -0.3 is 15.5 Å². The molecule has 0 spiro atoms. The largest absolute Gasteiger partial charge is 0.481 e. The van der Waals surface area contributed by atoms with Crippen LogP contribution in [0.5, 0.6) is 0 Å². The van der Waals surface area contributed by atoms with Crippen molar-refractivity contribution in [1.82, 2.24) is 5.32 Å². The highest BCUT2D eigenvalue weighted by Gasteiger charge is 2.36. The lowest BCUT2D eigenvalue weighted by atomic mass is 9.69. The lowest BCUT2D eigenvalue weighted by molar-refractivity contribution is -0.141. The van der Waals surface area contributed by atoms with Crippen LogP contribution in [0.25, 0.3) is 0 Å². The number of aliphatic carboxylic acids is 1. The molecule has 1 aliphatic rings. The molecule has 5 heteroatoms. The third-order valence-corrected chi connectivity index (χ3v) is 4.05. The molecule has 1 amide bonds. The standard InChI is InChI=1S/C14H25NO4/c1-2-11(10-16)15-12(17)8-14(9-13(18)19)6-4-3-5-7-14/h11,16H,2-10H2,1H3,(H,15,17)(H,18,19)/t11-/m0/s1. The molecule has 1 rings (SSSR count). The molecular formula is C14H25NO4. The number of nitrogens with one attached hydrogen (secondary N) is 1. The number of hydrogen-bond acceptors (Lipinski definition) is 3. The predicted octanol–water partition coefficient (Wildman–Crippen LogP) is 1.69. The average molecular weight is 271 g/mol. The second-order valence-electron chi connectivity index (χ2n) is 5.66. The summed E-state index contributed by atoms with van der Waals surface area (Å²) >= 11 is 0. The minimum Gasteiger partial charge on any atom is -0.481 e. The van der Waals surface area contributed by atoms with Crippen molar-refractivity contribution < 1.29 is 19.8 Å². The lowest BCUT2D eigenvalue weighted by Gasteiger charge is -2.35. The molecule has 5 nitrogen and oxygen atoms in total. The maximum absolute atomic E-state index is 12.0. The van der Waals surface area contributed by atoms with Crippen LogP contribution in [0.4, 0.5) is 0 Å². The number of carbonyl (C=O) groups excluding carboxylic acids is 1. The number of carbonyl (C=O) groups is 2. The topological polar surface area (TPSA) is 86.6 Å². The Bertz CT molecular complexity index is 307. The smallest absolute Gasteiger partial charge is 0.303 e. The Balaban J connectivity index is 2.61. The molecule has 3 N–H and O–H groups in total. The van der Waals surface area contributed by atoms with Gasteiger partial charge in [0.2, 0.25) is 5.91 Å². The number of rotatable bonds is 7. The summed E-state index contributed by atoms with van der Waals surface area (Å²) in [6.07, 6.45) is 5.73. The monoisotopic (exact) mass is 271 g/mol. The van der Waals surface area contributed by atoms with E-state index in [-0.39, 0.29) is 36.8 Å². The highest BCUT2D eigenvalue weighted by Crippen LogP contribution is 2.42. The molecule has 0 heterocycles. The van der Waals surface area contributed by atoms with E-state index in [9.17, 15) is 9.59 Å². The van der Waals surface area contributed by atoms with Gasteiger partial charge in [0.15, 0.2) is 0 Å². The van der Waals surface area contributed by atoms with Crippen molar-refractivity contribution in [3.8, 4) is 0 Å². The fourth-order valence-corrected chi connectivity index (χ4v) is 2.93. The molecule has 0 saturated heterocycles. The summed E-state index contributed by atoms with van der Waals surface area (Å²) in [4.78, 5) is 23.0. The van der Waals surface area contributed by atoms with E-state index < -0.39 is 5.97 Å². The zero-order chi connectivity index (χ0) is 14.3. The van der Waals surface area contributed by atoms with E-state index in [0.717, 1.165) is 32.1 Å². The summed E-state index contributed by atoms with van der Waals surface area (Å²) in [6.45, 7) is 1.82. The van der Waals surface area contributed by atoms with Gasteiger partial charge in [-0.05, 0) is 24.7 Å². The van der Waals surface area contributed by atoms with Gasteiger partial charge in [0.1, 0.15) is 0 Å². The van der Waals surface area contributed by atoms with Crippen molar-refractivity contribution in [2.75, 3.05) is 6.61 Å². The van der Waals surface area contributed by atoms with Crippen molar-refractivity contribution in [1.29, 1.82) is 0 Å². The molecule has 0 bridgehead atoms. The van der Waals surface area contributed by atoms with E-state index in [1.54, 1.807) is 0 Å². The van der Waals surface area contributed by atoms with Crippen LogP contribution in [0, 0.1) is 5.41 Å². The summed E-state index contributed by atoms with van der Waals surface area (Å²) < 4.78 is 0.